The molecule has 0 atom stereocenters. The molecule has 0 radical (unpaired) electrons. The zero-order valence-electron chi connectivity index (χ0n) is 5.89. The van der Waals surface area contributed by atoms with E-state index in [1.54, 1.807) is 28.7 Å². The van der Waals surface area contributed by atoms with Crippen molar-refractivity contribution in [2.75, 3.05) is 0 Å². The van der Waals surface area contributed by atoms with Gasteiger partial charge in [-0.05, 0) is 5.92 Å². The fraction of sp³-hybridized carbons (Fsp3) is 0.429. The lowest BCUT2D eigenvalue weighted by molar-refractivity contribution is -0.106. The zero-order valence-corrected chi connectivity index (χ0v) is 8.05. The number of allylic oxidation sites excluding steroid dienone is 2. The highest BCUT2D eigenvalue weighted by atomic mass is 127. The van der Waals surface area contributed by atoms with Gasteiger partial charge in [0.05, 0.1) is 0 Å². The summed E-state index contributed by atoms with van der Waals surface area (Å²) >= 11 is 1.61. The molecule has 0 fully saturated rings. The Hall–Kier alpha value is -0.370. The van der Waals surface area contributed by atoms with E-state index < -0.39 is 0 Å². The second kappa shape index (κ2) is 4.45. The lowest BCUT2D eigenvalue weighted by Crippen LogP contribution is -1.91. The van der Waals surface area contributed by atoms with Crippen molar-refractivity contribution in [2.45, 2.75) is 13.8 Å². The average molecular weight is 249 g/mol. The number of carbonyl (C=O) groups excluding carboxylic acids is 1. The van der Waals surface area contributed by atoms with Crippen molar-refractivity contribution in [1.29, 1.82) is 5.26 Å². The fourth-order valence-corrected chi connectivity index (χ4v) is 0.780. The molecule has 0 aromatic heterocycles. The van der Waals surface area contributed by atoms with E-state index in [0.29, 0.717) is 0 Å². The van der Waals surface area contributed by atoms with Crippen LogP contribution >= 0.6 is 22.6 Å². The normalized spacial score (nSPS) is 11.3. The highest BCUT2D eigenvalue weighted by Gasteiger charge is 2.03. The molecule has 0 aliphatic heterocycles. The predicted octanol–water partition coefficient (Wildman–Crippen LogP) is 2.05. The molecule has 0 saturated heterocycles. The lowest BCUT2D eigenvalue weighted by atomic mass is 10.1. The number of hydrogen-bond acceptors (Lipinski definition) is 2. The first kappa shape index (κ1) is 9.63. The van der Waals surface area contributed by atoms with E-state index in [-0.39, 0.29) is 15.3 Å². The Labute approximate surface area is 74.1 Å². The third kappa shape index (κ3) is 3.62. The number of carbonyl (C=O) groups is 1. The van der Waals surface area contributed by atoms with Gasteiger partial charge in [0.15, 0.2) is 0 Å². The highest BCUT2D eigenvalue weighted by Crippen LogP contribution is 2.06. The maximum absolute atomic E-state index is 10.6. The summed E-state index contributed by atoms with van der Waals surface area (Å²) in [7, 11) is 0. The second-order valence-corrected chi connectivity index (χ2v) is 3.19. The topological polar surface area (TPSA) is 40.9 Å². The van der Waals surface area contributed by atoms with Crippen LogP contribution in [-0.2, 0) is 4.79 Å². The molecule has 10 heavy (non-hydrogen) atoms. The standard InChI is InChI=1S/C7H8INO/c1-5(2)3-6(4-9)7(8)10/h3,5H,1-2H3/b6-3+. The summed E-state index contributed by atoms with van der Waals surface area (Å²) in [4.78, 5) is 10.6. The van der Waals surface area contributed by atoms with Crippen LogP contribution in [0.25, 0.3) is 0 Å². The van der Waals surface area contributed by atoms with Crippen molar-refractivity contribution >= 4 is 26.4 Å². The number of hydrogen-bond donors (Lipinski definition) is 0. The zero-order chi connectivity index (χ0) is 8.15. The first-order valence-corrected chi connectivity index (χ1v) is 3.97. The minimum Gasteiger partial charge on any atom is -0.281 e. The first-order chi connectivity index (χ1) is 4.57. The summed E-state index contributed by atoms with van der Waals surface area (Å²) in [5.41, 5.74) is 0.246. The minimum atomic E-state index is -0.186. The largest absolute Gasteiger partial charge is 0.281 e. The van der Waals surface area contributed by atoms with Crippen molar-refractivity contribution in [2.24, 2.45) is 5.92 Å². The average Bonchev–Trinajstić information content (AvgIpc) is 1.81. The van der Waals surface area contributed by atoms with Crippen LogP contribution in [0, 0.1) is 17.2 Å². The van der Waals surface area contributed by atoms with Gasteiger partial charge in [-0.15, -0.1) is 0 Å². The molecule has 3 heteroatoms. The summed E-state index contributed by atoms with van der Waals surface area (Å²) < 4.78 is -0.186. The van der Waals surface area contributed by atoms with Gasteiger partial charge in [0.1, 0.15) is 11.6 Å². The molecule has 0 aliphatic carbocycles. The van der Waals surface area contributed by atoms with Crippen LogP contribution in [0.1, 0.15) is 13.8 Å². The van der Waals surface area contributed by atoms with Crippen molar-refractivity contribution in [3.63, 3.8) is 0 Å². The van der Waals surface area contributed by atoms with E-state index in [0.717, 1.165) is 0 Å². The van der Waals surface area contributed by atoms with Crippen LogP contribution in [-0.4, -0.2) is 3.79 Å². The summed E-state index contributed by atoms with van der Waals surface area (Å²) in [5, 5.41) is 8.40. The second-order valence-electron chi connectivity index (χ2n) is 2.21. The third-order valence-electron chi connectivity index (χ3n) is 0.832. The van der Waals surface area contributed by atoms with E-state index >= 15 is 0 Å². The Balaban J connectivity index is 4.39. The van der Waals surface area contributed by atoms with E-state index in [1.165, 1.54) is 0 Å². The summed E-state index contributed by atoms with van der Waals surface area (Å²) in [6.07, 6.45) is 1.66. The lowest BCUT2D eigenvalue weighted by Gasteiger charge is -1.93. The SMILES string of the molecule is CC(C)/C=C(\C#N)C(=O)I. The molecule has 0 aromatic carbocycles. The smallest absolute Gasteiger partial charge is 0.232 e. The number of rotatable bonds is 2. The van der Waals surface area contributed by atoms with Gasteiger partial charge >= 0.3 is 0 Å². The molecule has 0 N–H and O–H groups in total. The van der Waals surface area contributed by atoms with Crippen LogP contribution in [0.15, 0.2) is 11.6 Å². The Morgan fingerprint density at radius 2 is 2.20 bits per heavy atom. The van der Waals surface area contributed by atoms with Gasteiger partial charge in [-0.25, -0.2) is 0 Å². The third-order valence-corrected chi connectivity index (χ3v) is 1.41. The van der Waals surface area contributed by atoms with Crippen molar-refractivity contribution < 1.29 is 4.79 Å². The monoisotopic (exact) mass is 249 g/mol. The van der Waals surface area contributed by atoms with Gasteiger partial charge in [-0.2, -0.15) is 5.26 Å². The maximum atomic E-state index is 10.6. The molecule has 54 valence electrons. The molecule has 0 bridgehead atoms. The van der Waals surface area contributed by atoms with Crippen molar-refractivity contribution in [3.8, 4) is 6.07 Å². The Morgan fingerprint density at radius 1 is 1.70 bits per heavy atom. The molecule has 0 spiro atoms. The molecular formula is C7H8INO. The van der Waals surface area contributed by atoms with E-state index in [2.05, 4.69) is 0 Å². The van der Waals surface area contributed by atoms with Gasteiger partial charge in [0.25, 0.3) is 0 Å². The van der Waals surface area contributed by atoms with Crippen molar-refractivity contribution in [3.05, 3.63) is 11.6 Å². The number of halogens is 1. The van der Waals surface area contributed by atoms with E-state index in [4.69, 9.17) is 5.26 Å². The minimum absolute atomic E-state index is 0.186. The Kier molecular flexibility index (Phi) is 4.28. The van der Waals surface area contributed by atoms with E-state index in [1.807, 2.05) is 19.9 Å². The van der Waals surface area contributed by atoms with Crippen molar-refractivity contribution in [1.82, 2.24) is 0 Å². The van der Waals surface area contributed by atoms with Gasteiger partial charge in [0, 0.05) is 22.6 Å². The number of nitrogens with zero attached hydrogens (tertiary/aromatic N) is 1. The fourth-order valence-electron chi connectivity index (χ4n) is 0.480. The molecule has 0 amide bonds. The Bertz CT molecular complexity index is 200. The maximum Gasteiger partial charge on any atom is 0.232 e. The quantitative estimate of drug-likeness (QED) is 0.325. The predicted molar refractivity (Wildman–Crippen MR) is 47.6 cm³/mol. The van der Waals surface area contributed by atoms with Gasteiger partial charge in [0.2, 0.25) is 3.79 Å². The molecular weight excluding hydrogens is 241 g/mol. The molecule has 0 saturated carbocycles. The Morgan fingerprint density at radius 3 is 2.30 bits per heavy atom. The number of nitriles is 1. The molecule has 0 aromatic rings. The van der Waals surface area contributed by atoms with Crippen LogP contribution in [0.4, 0.5) is 0 Å². The summed E-state index contributed by atoms with van der Waals surface area (Å²) in [5.74, 6) is 0.258. The highest BCUT2D eigenvalue weighted by molar-refractivity contribution is 14.1. The van der Waals surface area contributed by atoms with Gasteiger partial charge < -0.3 is 0 Å². The molecule has 0 aliphatic rings. The van der Waals surface area contributed by atoms with Crippen LogP contribution in [0.5, 0.6) is 0 Å². The van der Waals surface area contributed by atoms with Crippen LogP contribution in [0.3, 0.4) is 0 Å². The molecule has 0 rings (SSSR count). The van der Waals surface area contributed by atoms with Crippen LogP contribution < -0.4 is 0 Å². The summed E-state index contributed by atoms with van der Waals surface area (Å²) in [6, 6.07) is 1.84. The molecule has 0 unspecified atom stereocenters. The van der Waals surface area contributed by atoms with Crippen LogP contribution in [0.2, 0.25) is 0 Å². The van der Waals surface area contributed by atoms with Gasteiger partial charge in [-0.1, -0.05) is 19.9 Å². The first-order valence-electron chi connectivity index (χ1n) is 2.89. The van der Waals surface area contributed by atoms with E-state index in [9.17, 15) is 4.79 Å². The molecule has 0 heterocycles. The molecule has 2 nitrogen and oxygen atoms in total. The van der Waals surface area contributed by atoms with Gasteiger partial charge in [-0.3, -0.25) is 4.79 Å². The summed E-state index contributed by atoms with van der Waals surface area (Å²) in [6.45, 7) is 3.86.